The largest absolute Gasteiger partial charge is 0.251 e. The van der Waals surface area contributed by atoms with Gasteiger partial charge < -0.3 is 0 Å². The van der Waals surface area contributed by atoms with E-state index in [0.717, 1.165) is 36.5 Å². The van der Waals surface area contributed by atoms with E-state index in [1.807, 2.05) is 0 Å². The highest BCUT2D eigenvalue weighted by molar-refractivity contribution is 5.64. The minimum absolute atomic E-state index is 0.146. The van der Waals surface area contributed by atoms with Gasteiger partial charge in [0.25, 0.3) is 0 Å². The molecule has 0 spiro atoms. The molecule has 4 rings (SSSR count). The Bertz CT molecular complexity index is 789. The number of rotatable bonds is 10. The summed E-state index contributed by atoms with van der Waals surface area (Å²) in [6.45, 7) is 2.18. The van der Waals surface area contributed by atoms with E-state index < -0.39 is 0 Å². The second-order valence-corrected chi connectivity index (χ2v) is 11.0. The molecule has 33 heavy (non-hydrogen) atoms. The summed E-state index contributed by atoms with van der Waals surface area (Å²) in [5.41, 5.74) is 5.77. The maximum absolute atomic E-state index is 12.3. The van der Waals surface area contributed by atoms with Crippen LogP contribution in [-0.4, -0.2) is 6.67 Å². The van der Waals surface area contributed by atoms with Crippen molar-refractivity contribution in [2.24, 2.45) is 11.8 Å². The third-order valence-corrected chi connectivity index (χ3v) is 8.73. The number of halogens is 1. The predicted octanol–water partition coefficient (Wildman–Crippen LogP) is 10.2. The zero-order chi connectivity index (χ0) is 22.9. The summed E-state index contributed by atoms with van der Waals surface area (Å²) in [6, 6.07) is 18.9. The van der Waals surface area contributed by atoms with E-state index in [-0.39, 0.29) is 6.67 Å². The van der Waals surface area contributed by atoms with Crippen molar-refractivity contribution in [3.63, 3.8) is 0 Å². The van der Waals surface area contributed by atoms with Gasteiger partial charge in [-0.25, -0.2) is 0 Å². The highest BCUT2D eigenvalue weighted by Crippen LogP contribution is 2.39. The van der Waals surface area contributed by atoms with Crippen LogP contribution >= 0.6 is 0 Å². The van der Waals surface area contributed by atoms with Crippen LogP contribution in [0.2, 0.25) is 0 Å². The van der Waals surface area contributed by atoms with Crippen molar-refractivity contribution in [2.45, 2.75) is 109 Å². The summed E-state index contributed by atoms with van der Waals surface area (Å²) >= 11 is 0. The van der Waals surface area contributed by atoms with Gasteiger partial charge in [0.15, 0.2) is 0 Å². The maximum atomic E-state index is 12.3. The molecule has 2 aromatic carbocycles. The van der Waals surface area contributed by atoms with E-state index in [1.54, 1.807) is 5.56 Å². The van der Waals surface area contributed by atoms with Crippen LogP contribution in [-0.2, 0) is 0 Å². The molecule has 2 saturated carbocycles. The lowest BCUT2D eigenvalue weighted by Gasteiger charge is -2.29. The Balaban J connectivity index is 1.26. The molecule has 2 fully saturated rings. The van der Waals surface area contributed by atoms with Crippen molar-refractivity contribution in [3.8, 4) is 11.1 Å². The molecule has 2 aromatic rings. The number of hydrogen-bond acceptors (Lipinski definition) is 0. The molecule has 0 N–H and O–H groups in total. The van der Waals surface area contributed by atoms with Crippen LogP contribution < -0.4 is 0 Å². The molecule has 2 aliphatic carbocycles. The SMILES string of the molecule is CCC[C@H]1CC[C@H](c2ccc(-c3ccc([C@H]4CC[C@H](CCCCCF)CC4)cc3)cc2)CC1. The van der Waals surface area contributed by atoms with Crippen LogP contribution in [0.5, 0.6) is 0 Å². The maximum Gasteiger partial charge on any atom is 0.0894 e. The van der Waals surface area contributed by atoms with Crippen molar-refractivity contribution in [1.82, 2.24) is 0 Å². The van der Waals surface area contributed by atoms with Crippen LogP contribution in [0, 0.1) is 11.8 Å². The summed E-state index contributed by atoms with van der Waals surface area (Å²) in [7, 11) is 0. The Morgan fingerprint density at radius 2 is 1.03 bits per heavy atom. The van der Waals surface area contributed by atoms with Gasteiger partial charge in [-0.15, -0.1) is 0 Å². The van der Waals surface area contributed by atoms with Gasteiger partial charge >= 0.3 is 0 Å². The quantitative estimate of drug-likeness (QED) is 0.317. The smallest absolute Gasteiger partial charge is 0.0894 e. The topological polar surface area (TPSA) is 0 Å². The zero-order valence-corrected chi connectivity index (χ0v) is 20.9. The summed E-state index contributed by atoms with van der Waals surface area (Å²) in [5.74, 6) is 3.35. The fourth-order valence-electron chi connectivity index (χ4n) is 6.58. The molecule has 0 nitrogen and oxygen atoms in total. The average Bonchev–Trinajstić information content (AvgIpc) is 2.88. The van der Waals surface area contributed by atoms with Gasteiger partial charge in [0, 0.05) is 0 Å². The molecule has 180 valence electrons. The molecule has 0 aliphatic heterocycles. The van der Waals surface area contributed by atoms with Crippen molar-refractivity contribution >= 4 is 0 Å². The van der Waals surface area contributed by atoms with Crippen molar-refractivity contribution in [3.05, 3.63) is 59.7 Å². The van der Waals surface area contributed by atoms with Gasteiger partial charge in [0.05, 0.1) is 6.67 Å². The summed E-state index contributed by atoms with van der Waals surface area (Å²) in [4.78, 5) is 0. The number of hydrogen-bond donors (Lipinski definition) is 0. The Morgan fingerprint density at radius 1 is 0.576 bits per heavy atom. The van der Waals surface area contributed by atoms with Crippen LogP contribution in [0.3, 0.4) is 0 Å². The Hall–Kier alpha value is -1.63. The molecule has 0 aromatic heterocycles. The predicted molar refractivity (Wildman–Crippen MR) is 141 cm³/mol. The number of alkyl halides is 1. The number of unbranched alkanes of at least 4 members (excludes halogenated alkanes) is 2. The van der Waals surface area contributed by atoms with E-state index >= 15 is 0 Å². The Labute approximate surface area is 202 Å². The highest BCUT2D eigenvalue weighted by atomic mass is 19.1. The number of benzene rings is 2. The standard InChI is InChI=1S/C32H45F/c1-2-6-25-8-12-27(13-9-25)29-16-20-31(21-17-29)32-22-18-30(19-23-32)28-14-10-26(11-15-28)7-4-3-5-24-33/h16-23,25-28H,2-15,24H2,1H3/t25-,26-,27-,28-. The highest BCUT2D eigenvalue weighted by Gasteiger charge is 2.23. The normalized spacial score (nSPS) is 25.8. The lowest BCUT2D eigenvalue weighted by molar-refractivity contribution is 0.300. The first-order valence-corrected chi connectivity index (χ1v) is 14.0. The molecule has 2 aliphatic rings. The lowest BCUT2D eigenvalue weighted by Crippen LogP contribution is -2.13. The van der Waals surface area contributed by atoms with Crippen LogP contribution in [0.15, 0.2) is 48.5 Å². The molecule has 0 atom stereocenters. The van der Waals surface area contributed by atoms with Gasteiger partial charge in [0.1, 0.15) is 0 Å². The van der Waals surface area contributed by atoms with Crippen molar-refractivity contribution < 1.29 is 4.39 Å². The van der Waals surface area contributed by atoms with Gasteiger partial charge in [0.2, 0.25) is 0 Å². The van der Waals surface area contributed by atoms with Crippen LogP contribution in [0.4, 0.5) is 4.39 Å². The Morgan fingerprint density at radius 3 is 1.45 bits per heavy atom. The molecule has 0 unspecified atom stereocenters. The monoisotopic (exact) mass is 448 g/mol. The second kappa shape index (κ2) is 12.7. The molecule has 1 heteroatoms. The van der Waals surface area contributed by atoms with Crippen LogP contribution in [0.1, 0.15) is 120 Å². The minimum atomic E-state index is -0.146. The molecule has 0 heterocycles. The van der Waals surface area contributed by atoms with Crippen molar-refractivity contribution in [2.75, 3.05) is 6.67 Å². The molecule has 0 bridgehead atoms. The van der Waals surface area contributed by atoms with E-state index in [2.05, 4.69) is 55.5 Å². The first-order valence-electron chi connectivity index (χ1n) is 14.0. The van der Waals surface area contributed by atoms with E-state index in [4.69, 9.17) is 0 Å². The van der Waals surface area contributed by atoms with Gasteiger partial charge in [-0.1, -0.05) is 87.6 Å². The van der Waals surface area contributed by atoms with E-state index in [1.165, 1.54) is 93.7 Å². The lowest BCUT2D eigenvalue weighted by atomic mass is 9.76. The fraction of sp³-hybridized carbons (Fsp3) is 0.625. The Kier molecular flexibility index (Phi) is 9.45. The third kappa shape index (κ3) is 6.93. The van der Waals surface area contributed by atoms with Gasteiger partial charge in [-0.3, -0.25) is 4.39 Å². The van der Waals surface area contributed by atoms with Crippen LogP contribution in [0.25, 0.3) is 11.1 Å². The molecular weight excluding hydrogens is 403 g/mol. The molecule has 0 saturated heterocycles. The third-order valence-electron chi connectivity index (χ3n) is 8.73. The van der Waals surface area contributed by atoms with Gasteiger partial charge in [-0.2, -0.15) is 0 Å². The van der Waals surface area contributed by atoms with Crippen molar-refractivity contribution in [1.29, 1.82) is 0 Å². The molecule has 0 amide bonds. The molecular formula is C32H45F. The zero-order valence-electron chi connectivity index (χ0n) is 20.9. The molecule has 0 radical (unpaired) electrons. The van der Waals surface area contributed by atoms with Gasteiger partial charge in [-0.05, 0) is 104 Å². The fourth-order valence-corrected chi connectivity index (χ4v) is 6.58. The second-order valence-electron chi connectivity index (χ2n) is 11.0. The summed E-state index contributed by atoms with van der Waals surface area (Å²) in [5, 5.41) is 0. The minimum Gasteiger partial charge on any atom is -0.251 e. The first-order chi connectivity index (χ1) is 16.3. The summed E-state index contributed by atoms with van der Waals surface area (Å²) < 4.78 is 12.3. The first kappa shape index (κ1) is 24.5. The van der Waals surface area contributed by atoms with E-state index in [9.17, 15) is 4.39 Å². The summed E-state index contributed by atoms with van der Waals surface area (Å²) in [6.07, 6.45) is 18.0. The van der Waals surface area contributed by atoms with E-state index in [0.29, 0.717) is 0 Å². The average molecular weight is 449 g/mol.